The van der Waals surface area contributed by atoms with Crippen LogP contribution in [0.1, 0.15) is 40.2 Å². The predicted octanol–water partition coefficient (Wildman–Crippen LogP) is 3.04. The van der Waals surface area contributed by atoms with Crippen molar-refractivity contribution >= 4 is 5.82 Å². The summed E-state index contributed by atoms with van der Waals surface area (Å²) < 4.78 is 0. The Morgan fingerprint density at radius 1 is 1.24 bits per heavy atom. The average Bonchev–Trinajstić information content (AvgIpc) is 2.24. The average molecular weight is 235 g/mol. The van der Waals surface area contributed by atoms with Crippen molar-refractivity contribution in [1.29, 1.82) is 0 Å². The number of anilines is 1. The van der Waals surface area contributed by atoms with Crippen LogP contribution in [0, 0.1) is 5.41 Å². The monoisotopic (exact) mass is 235 g/mol. The Kier molecular flexibility index (Phi) is 4.94. The normalized spacial score (nSPS) is 11.9. The van der Waals surface area contributed by atoms with Crippen LogP contribution < -0.4 is 10.6 Å². The van der Waals surface area contributed by atoms with E-state index in [1.165, 1.54) is 5.56 Å². The first-order valence-corrected chi connectivity index (χ1v) is 6.29. The predicted molar refractivity (Wildman–Crippen MR) is 74.2 cm³/mol. The summed E-state index contributed by atoms with van der Waals surface area (Å²) in [5, 5.41) is 6.72. The number of hydrogen-bond acceptors (Lipinski definition) is 3. The third-order valence-corrected chi connectivity index (χ3v) is 2.34. The van der Waals surface area contributed by atoms with Crippen LogP contribution in [-0.4, -0.2) is 17.6 Å². The van der Waals surface area contributed by atoms with E-state index in [2.05, 4.69) is 56.3 Å². The summed E-state index contributed by atoms with van der Waals surface area (Å²) in [5.74, 6) is 0.952. The molecular weight excluding hydrogens is 210 g/mol. The van der Waals surface area contributed by atoms with Gasteiger partial charge >= 0.3 is 0 Å². The number of aromatic nitrogens is 1. The summed E-state index contributed by atoms with van der Waals surface area (Å²) in [7, 11) is 0. The highest BCUT2D eigenvalue weighted by Gasteiger charge is 2.09. The lowest BCUT2D eigenvalue weighted by Gasteiger charge is -2.19. The second-order valence-electron chi connectivity index (χ2n) is 6.00. The molecule has 0 bridgehead atoms. The van der Waals surface area contributed by atoms with Gasteiger partial charge in [0.15, 0.2) is 0 Å². The minimum Gasteiger partial charge on any atom is -0.370 e. The molecule has 1 aromatic rings. The van der Waals surface area contributed by atoms with Crippen molar-refractivity contribution in [3.63, 3.8) is 0 Å². The van der Waals surface area contributed by atoms with Gasteiger partial charge in [0.25, 0.3) is 0 Å². The maximum Gasteiger partial charge on any atom is 0.125 e. The number of nitrogens with zero attached hydrogens (tertiary/aromatic N) is 1. The number of pyridine rings is 1. The molecule has 1 rings (SSSR count). The third kappa shape index (κ3) is 6.27. The number of nitrogens with one attached hydrogen (secondary N) is 2. The molecule has 0 radical (unpaired) electrons. The molecule has 3 heteroatoms. The van der Waals surface area contributed by atoms with E-state index in [-0.39, 0.29) is 5.41 Å². The summed E-state index contributed by atoms with van der Waals surface area (Å²) in [4.78, 5) is 4.41. The Hall–Kier alpha value is -1.09. The number of hydrogen-bond donors (Lipinski definition) is 2. The molecule has 2 N–H and O–H groups in total. The smallest absolute Gasteiger partial charge is 0.125 e. The zero-order valence-corrected chi connectivity index (χ0v) is 11.7. The van der Waals surface area contributed by atoms with Gasteiger partial charge in [0, 0.05) is 25.3 Å². The van der Waals surface area contributed by atoms with Gasteiger partial charge in [0.05, 0.1) is 0 Å². The van der Waals surface area contributed by atoms with E-state index >= 15 is 0 Å². The second-order valence-corrected chi connectivity index (χ2v) is 6.00. The van der Waals surface area contributed by atoms with Crippen molar-refractivity contribution in [3.05, 3.63) is 23.9 Å². The van der Waals surface area contributed by atoms with Crippen molar-refractivity contribution in [2.45, 2.75) is 47.2 Å². The largest absolute Gasteiger partial charge is 0.370 e. The maximum absolute atomic E-state index is 4.41. The summed E-state index contributed by atoms with van der Waals surface area (Å²) in [6, 6.07) is 4.67. The first-order chi connectivity index (χ1) is 7.87. The Morgan fingerprint density at radius 2 is 1.94 bits per heavy atom. The van der Waals surface area contributed by atoms with Gasteiger partial charge in [-0.3, -0.25) is 0 Å². The molecule has 3 nitrogen and oxygen atoms in total. The van der Waals surface area contributed by atoms with E-state index in [1.54, 1.807) is 0 Å². The fraction of sp³-hybridized carbons (Fsp3) is 0.643. The molecular formula is C14H25N3. The van der Waals surface area contributed by atoms with Gasteiger partial charge in [-0.05, 0) is 17.0 Å². The Morgan fingerprint density at radius 3 is 2.41 bits per heavy atom. The minimum absolute atomic E-state index is 0.277. The van der Waals surface area contributed by atoms with Crippen molar-refractivity contribution in [3.8, 4) is 0 Å². The van der Waals surface area contributed by atoms with E-state index in [0.29, 0.717) is 6.04 Å². The quantitative estimate of drug-likeness (QED) is 0.823. The molecule has 0 fully saturated rings. The topological polar surface area (TPSA) is 37.0 Å². The molecule has 1 aromatic heterocycles. The molecule has 17 heavy (non-hydrogen) atoms. The van der Waals surface area contributed by atoms with Gasteiger partial charge in [0.1, 0.15) is 5.82 Å². The molecule has 0 saturated carbocycles. The molecule has 0 amide bonds. The highest BCUT2D eigenvalue weighted by molar-refractivity contribution is 5.35. The standard InChI is InChI=1S/C14H25N3/c1-11(2)15-8-12-6-7-13(16-9-12)17-10-14(3,4)5/h6-7,9,11,15H,8,10H2,1-5H3,(H,16,17). The molecule has 96 valence electrons. The lowest BCUT2D eigenvalue weighted by molar-refractivity contribution is 0.442. The highest BCUT2D eigenvalue weighted by atomic mass is 15.0. The van der Waals surface area contributed by atoms with Crippen LogP contribution in [0.25, 0.3) is 0 Å². The summed E-state index contributed by atoms with van der Waals surface area (Å²) in [5.41, 5.74) is 1.50. The lowest BCUT2D eigenvalue weighted by Crippen LogP contribution is -2.22. The second kappa shape index (κ2) is 6.01. The first kappa shape index (κ1) is 14.0. The zero-order chi connectivity index (χ0) is 12.9. The van der Waals surface area contributed by atoms with Gasteiger partial charge in [-0.25, -0.2) is 4.98 Å². The minimum atomic E-state index is 0.277. The van der Waals surface area contributed by atoms with Crippen LogP contribution in [0.4, 0.5) is 5.82 Å². The Labute approximate surface area is 105 Å². The van der Waals surface area contributed by atoms with Crippen LogP contribution >= 0.6 is 0 Å². The zero-order valence-electron chi connectivity index (χ0n) is 11.7. The Bertz CT molecular complexity index is 322. The van der Waals surface area contributed by atoms with Gasteiger partial charge in [0.2, 0.25) is 0 Å². The fourth-order valence-corrected chi connectivity index (χ4v) is 1.31. The van der Waals surface area contributed by atoms with E-state index in [4.69, 9.17) is 0 Å². The SMILES string of the molecule is CC(C)NCc1ccc(NCC(C)(C)C)nc1. The van der Waals surface area contributed by atoms with Crippen LogP contribution in [0.2, 0.25) is 0 Å². The third-order valence-electron chi connectivity index (χ3n) is 2.34. The molecule has 1 heterocycles. The molecule has 0 unspecified atom stereocenters. The molecule has 0 spiro atoms. The van der Waals surface area contributed by atoms with Crippen molar-refractivity contribution in [1.82, 2.24) is 10.3 Å². The fourth-order valence-electron chi connectivity index (χ4n) is 1.31. The van der Waals surface area contributed by atoms with Crippen LogP contribution in [0.5, 0.6) is 0 Å². The van der Waals surface area contributed by atoms with Gasteiger partial charge in [-0.1, -0.05) is 40.7 Å². The van der Waals surface area contributed by atoms with E-state index in [1.807, 2.05) is 12.3 Å². The van der Waals surface area contributed by atoms with Crippen LogP contribution in [0.3, 0.4) is 0 Å². The van der Waals surface area contributed by atoms with Crippen LogP contribution in [-0.2, 0) is 6.54 Å². The molecule has 0 aliphatic carbocycles. The molecule has 0 aromatic carbocycles. The lowest BCUT2D eigenvalue weighted by atomic mass is 9.97. The highest BCUT2D eigenvalue weighted by Crippen LogP contribution is 2.14. The summed E-state index contributed by atoms with van der Waals surface area (Å²) in [6.45, 7) is 12.7. The van der Waals surface area contributed by atoms with Crippen LogP contribution in [0.15, 0.2) is 18.3 Å². The number of rotatable bonds is 5. The van der Waals surface area contributed by atoms with Crippen molar-refractivity contribution < 1.29 is 0 Å². The van der Waals surface area contributed by atoms with E-state index < -0.39 is 0 Å². The van der Waals surface area contributed by atoms with Gasteiger partial charge in [-0.2, -0.15) is 0 Å². The summed E-state index contributed by atoms with van der Waals surface area (Å²) in [6.07, 6.45) is 1.93. The molecule has 0 saturated heterocycles. The van der Waals surface area contributed by atoms with Gasteiger partial charge < -0.3 is 10.6 Å². The van der Waals surface area contributed by atoms with Crippen molar-refractivity contribution in [2.75, 3.05) is 11.9 Å². The summed E-state index contributed by atoms with van der Waals surface area (Å²) >= 11 is 0. The maximum atomic E-state index is 4.41. The Balaban J connectivity index is 2.45. The molecule has 0 atom stereocenters. The molecule has 0 aliphatic rings. The first-order valence-electron chi connectivity index (χ1n) is 6.29. The van der Waals surface area contributed by atoms with E-state index in [9.17, 15) is 0 Å². The van der Waals surface area contributed by atoms with Crippen molar-refractivity contribution in [2.24, 2.45) is 5.41 Å². The van der Waals surface area contributed by atoms with Gasteiger partial charge in [-0.15, -0.1) is 0 Å². The molecule has 0 aliphatic heterocycles. The van der Waals surface area contributed by atoms with E-state index in [0.717, 1.165) is 18.9 Å².